The van der Waals surface area contributed by atoms with E-state index < -0.39 is 48.1 Å². The molecule has 4 aliphatic rings. The second-order valence-corrected chi connectivity index (χ2v) is 18.8. The van der Waals surface area contributed by atoms with Gasteiger partial charge in [0.2, 0.25) is 29.5 Å². The van der Waals surface area contributed by atoms with Gasteiger partial charge in [0.25, 0.3) is 11.8 Å². The number of H-pyrrole nitrogens is 1. The van der Waals surface area contributed by atoms with Crippen LogP contribution in [0.5, 0.6) is 0 Å². The van der Waals surface area contributed by atoms with Crippen molar-refractivity contribution in [3.05, 3.63) is 53.3 Å². The number of likely N-dealkylation sites (tertiary alicyclic amines) is 2. The second kappa shape index (κ2) is 22.7. The number of aromatic nitrogens is 2. The highest BCUT2D eigenvalue weighted by atomic mass is 16.2. The number of amides is 7. The van der Waals surface area contributed by atoms with Crippen LogP contribution in [0.2, 0.25) is 0 Å². The van der Waals surface area contributed by atoms with Gasteiger partial charge in [0.15, 0.2) is 5.69 Å². The first kappa shape index (κ1) is 49.1. The van der Waals surface area contributed by atoms with E-state index in [9.17, 15) is 33.6 Å². The molecule has 7 amide bonds. The van der Waals surface area contributed by atoms with Gasteiger partial charge in [-0.05, 0) is 97.7 Å². The molecule has 4 fully saturated rings. The van der Waals surface area contributed by atoms with E-state index in [-0.39, 0.29) is 90.4 Å². The van der Waals surface area contributed by atoms with Crippen LogP contribution < -0.4 is 37.2 Å². The molecule has 9 atom stereocenters. The Kier molecular flexibility index (Phi) is 17.1. The number of nitrogens with one attached hydrogen (secondary N) is 8. The molecule has 2 saturated heterocycles. The Hall–Kier alpha value is -5.36. The Morgan fingerprint density at radius 2 is 1.17 bits per heavy atom. The van der Waals surface area contributed by atoms with Crippen molar-refractivity contribution in [1.29, 1.82) is 0 Å². The third-order valence-corrected chi connectivity index (χ3v) is 14.2. The molecule has 0 radical (unpaired) electrons. The molecule has 18 heteroatoms. The number of likely N-dealkylation sites (N-methyl/N-ethyl adjacent to an activating group) is 2. The summed E-state index contributed by atoms with van der Waals surface area (Å²) in [5, 5.41) is 27.7. The molecule has 2 aliphatic heterocycles. The average Bonchev–Trinajstić information content (AvgIpc) is 4.09. The highest BCUT2D eigenvalue weighted by Gasteiger charge is 2.45. The Morgan fingerprint density at radius 1 is 0.662 bits per heavy atom. The molecule has 2 aromatic rings. The summed E-state index contributed by atoms with van der Waals surface area (Å²) in [6.45, 7) is 7.57. The fraction of sp³-hybridized carbons (Fsp3) is 0.660. The second-order valence-electron chi connectivity index (χ2n) is 18.8. The maximum absolute atomic E-state index is 14.6. The van der Waals surface area contributed by atoms with Gasteiger partial charge in [-0.1, -0.05) is 68.9 Å². The lowest BCUT2D eigenvalue weighted by Crippen LogP contribution is -2.58. The van der Waals surface area contributed by atoms with Crippen LogP contribution in [0.25, 0.3) is 0 Å². The van der Waals surface area contributed by atoms with Gasteiger partial charge in [0.1, 0.15) is 23.8 Å². The zero-order chi connectivity index (χ0) is 46.8. The van der Waals surface area contributed by atoms with Crippen LogP contribution in [0, 0.1) is 11.8 Å². The quantitative estimate of drug-likeness (QED) is 0.115. The normalized spacial score (nSPS) is 24.0. The molecule has 356 valence electrons. The van der Waals surface area contributed by atoms with Crippen molar-refractivity contribution >= 4 is 41.4 Å². The van der Waals surface area contributed by atoms with E-state index in [2.05, 4.69) is 47.4 Å². The third kappa shape index (κ3) is 12.3. The van der Waals surface area contributed by atoms with Crippen molar-refractivity contribution in [3.63, 3.8) is 0 Å². The predicted molar refractivity (Wildman–Crippen MR) is 244 cm³/mol. The van der Waals surface area contributed by atoms with Gasteiger partial charge in [-0.15, -0.1) is 0 Å². The molecule has 8 N–H and O–H groups in total. The van der Waals surface area contributed by atoms with E-state index >= 15 is 0 Å². The van der Waals surface area contributed by atoms with E-state index in [1.54, 1.807) is 32.8 Å². The van der Waals surface area contributed by atoms with Crippen LogP contribution in [0.4, 0.5) is 0 Å². The first-order valence-corrected chi connectivity index (χ1v) is 23.8. The Balaban J connectivity index is 1.11. The smallest absolute Gasteiger partial charge is 0.272 e. The topological polar surface area (TPSA) is 239 Å². The SMILES string of the molecule is CNC(C)C(=O)N[C@H](C(=O)N1CC(NC(=O)c2cc(C(=O)N[C@H]3C[C@@H](C)N(C(=O)C(NC(=O)[C@H](C)NC)C4CCCCC4)C3)n[nH]2)CC1C(=O)N[C@H](C)c1ccccc1)C1CCCCC1. The lowest BCUT2D eigenvalue weighted by Gasteiger charge is -2.35. The fourth-order valence-electron chi connectivity index (χ4n) is 9.96. The highest BCUT2D eigenvalue weighted by molar-refractivity contribution is 5.98. The largest absolute Gasteiger partial charge is 0.348 e. The van der Waals surface area contributed by atoms with Gasteiger partial charge in [0.05, 0.1) is 18.1 Å². The first-order valence-electron chi connectivity index (χ1n) is 23.8. The minimum atomic E-state index is -0.932. The molecule has 4 unspecified atom stereocenters. The summed E-state index contributed by atoms with van der Waals surface area (Å²) >= 11 is 0. The molecule has 18 nitrogen and oxygen atoms in total. The summed E-state index contributed by atoms with van der Waals surface area (Å²) in [7, 11) is 3.38. The lowest BCUT2D eigenvalue weighted by molar-refractivity contribution is -0.143. The molecule has 0 bridgehead atoms. The Morgan fingerprint density at radius 3 is 1.72 bits per heavy atom. The van der Waals surface area contributed by atoms with Crippen LogP contribution in [-0.4, -0.2) is 137 Å². The van der Waals surface area contributed by atoms with Crippen molar-refractivity contribution < 1.29 is 33.6 Å². The van der Waals surface area contributed by atoms with E-state index in [4.69, 9.17) is 0 Å². The van der Waals surface area contributed by atoms with Gasteiger partial charge < -0.3 is 47.0 Å². The summed E-state index contributed by atoms with van der Waals surface area (Å²) in [4.78, 5) is 99.5. The Bertz CT molecular complexity index is 1980. The standard InChI is InChI=1S/C47H71N11O7/c1-27-22-34(25-57(27)46(64)39(32-18-12-8-13-19-32)53-41(59)29(3)48-5)51-43(61)36-24-37(56-55-36)44(62)52-35-23-38(45(63)50-28(2)31-16-10-7-11-17-31)58(26-35)47(65)40(33-20-14-9-15-21-33)54-42(60)30(4)49-6/h7,10-11,16-17,24,27-30,32-35,38-40,48-49H,8-9,12-15,18-23,25-26H2,1-6H3,(H,50,63)(H,51,61)(H,52,62)(H,53,59)(H,54,60)(H,55,56)/t27-,28-,29+,30?,34+,35?,38?,39?,40+/m1/s1. The van der Waals surface area contributed by atoms with E-state index in [0.717, 1.165) is 69.8 Å². The average molecular weight is 902 g/mol. The third-order valence-electron chi connectivity index (χ3n) is 14.2. The molecule has 65 heavy (non-hydrogen) atoms. The molecule has 2 saturated carbocycles. The number of aromatic amines is 1. The van der Waals surface area contributed by atoms with Gasteiger partial charge >= 0.3 is 0 Å². The maximum atomic E-state index is 14.6. The highest BCUT2D eigenvalue weighted by Crippen LogP contribution is 2.31. The predicted octanol–water partition coefficient (Wildman–Crippen LogP) is 2.05. The lowest BCUT2D eigenvalue weighted by atomic mass is 9.83. The van der Waals surface area contributed by atoms with Crippen LogP contribution in [0.15, 0.2) is 36.4 Å². The van der Waals surface area contributed by atoms with Gasteiger partial charge in [-0.3, -0.25) is 38.7 Å². The number of hydrogen-bond donors (Lipinski definition) is 8. The first-order chi connectivity index (χ1) is 31.2. The molecule has 0 spiro atoms. The molecule has 6 rings (SSSR count). The molecule has 1 aromatic heterocycles. The zero-order valence-corrected chi connectivity index (χ0v) is 38.9. The minimum Gasteiger partial charge on any atom is -0.348 e. The Labute approximate surface area is 382 Å². The summed E-state index contributed by atoms with van der Waals surface area (Å²) < 4.78 is 0. The van der Waals surface area contributed by atoms with E-state index in [1.165, 1.54) is 11.0 Å². The van der Waals surface area contributed by atoms with Crippen LogP contribution in [-0.2, 0) is 24.0 Å². The fourth-order valence-corrected chi connectivity index (χ4v) is 9.96. The number of carbonyl (C=O) groups excluding carboxylic acids is 7. The zero-order valence-electron chi connectivity index (χ0n) is 38.9. The van der Waals surface area contributed by atoms with E-state index in [0.29, 0.717) is 6.42 Å². The van der Waals surface area contributed by atoms with Crippen molar-refractivity contribution in [2.75, 3.05) is 27.2 Å². The summed E-state index contributed by atoms with van der Waals surface area (Å²) in [6.07, 6.45) is 9.93. The summed E-state index contributed by atoms with van der Waals surface area (Å²) in [5.41, 5.74) is 0.898. The molecular formula is C47H71N11O7. The van der Waals surface area contributed by atoms with E-state index in [1.807, 2.05) is 44.2 Å². The molecule has 2 aliphatic carbocycles. The number of rotatable bonds is 17. The van der Waals surface area contributed by atoms with Gasteiger partial charge in [-0.25, -0.2) is 0 Å². The van der Waals surface area contributed by atoms with Crippen molar-refractivity contribution in [2.45, 2.75) is 159 Å². The van der Waals surface area contributed by atoms with Crippen LogP contribution in [0.1, 0.15) is 137 Å². The number of hydrogen-bond acceptors (Lipinski definition) is 10. The molecule has 3 heterocycles. The van der Waals surface area contributed by atoms with Crippen molar-refractivity contribution in [2.24, 2.45) is 11.8 Å². The molecule has 1 aromatic carbocycles. The maximum Gasteiger partial charge on any atom is 0.272 e. The van der Waals surface area contributed by atoms with Crippen LogP contribution in [0.3, 0.4) is 0 Å². The number of nitrogens with zero attached hydrogens (tertiary/aromatic N) is 3. The minimum absolute atomic E-state index is 0.0155. The van der Waals surface area contributed by atoms with Gasteiger partial charge in [-0.2, -0.15) is 5.10 Å². The van der Waals surface area contributed by atoms with Crippen molar-refractivity contribution in [3.8, 4) is 0 Å². The number of carbonyl (C=O) groups is 7. The van der Waals surface area contributed by atoms with Gasteiger partial charge in [0, 0.05) is 37.3 Å². The molecular weight excluding hydrogens is 831 g/mol. The summed E-state index contributed by atoms with van der Waals surface area (Å²) in [6, 6.07) is 5.86. The monoisotopic (exact) mass is 902 g/mol. The van der Waals surface area contributed by atoms with Crippen LogP contribution >= 0.6 is 0 Å². The number of benzene rings is 1. The van der Waals surface area contributed by atoms with Crippen molar-refractivity contribution in [1.82, 2.24) is 57.2 Å². The summed E-state index contributed by atoms with van der Waals surface area (Å²) in [5.74, 6) is -2.57.